The maximum Gasteiger partial charge on any atom is 0.408 e. The first-order valence-electron chi connectivity index (χ1n) is 22.4. The molecule has 68 heavy (non-hydrogen) atoms. The number of Topliss-reactive ketones (excluding diaryl/α,β-unsaturated/α-hetero) is 2. The Morgan fingerprint density at radius 2 is 0.985 bits per heavy atom. The van der Waals surface area contributed by atoms with Gasteiger partial charge in [0.1, 0.15) is 30.3 Å². The lowest BCUT2D eigenvalue weighted by Gasteiger charge is -2.23. The third-order valence-corrected chi connectivity index (χ3v) is 10.4. The van der Waals surface area contributed by atoms with Gasteiger partial charge in [-0.2, -0.15) is 0 Å². The molecule has 5 amide bonds. The number of hydrogen-bond donors (Lipinski definition) is 5. The van der Waals surface area contributed by atoms with Crippen molar-refractivity contribution in [2.24, 2.45) is 5.73 Å². The van der Waals surface area contributed by atoms with Crippen molar-refractivity contribution in [2.45, 2.75) is 103 Å². The topological polar surface area (TPSA) is 240 Å². The van der Waals surface area contributed by atoms with Crippen LogP contribution in [0.3, 0.4) is 0 Å². The van der Waals surface area contributed by atoms with Crippen LogP contribution in [0.5, 0.6) is 11.5 Å². The predicted octanol–water partition coefficient (Wildman–Crippen LogP) is 6.91. The van der Waals surface area contributed by atoms with Crippen LogP contribution in [0.25, 0.3) is 0 Å². The second kappa shape index (κ2) is 27.3. The van der Waals surface area contributed by atoms with E-state index in [-0.39, 0.29) is 86.2 Å². The zero-order valence-electron chi connectivity index (χ0n) is 39.4. The smallest absolute Gasteiger partial charge is 0.408 e. The standard InChI is InChI=1S/C51H63N5O12/c1-51(2,3)68-50(63)56-41(21-13-15-27-54-49(62)67-33-35-18-10-7-11-19-35)43(58)31-37-23-25-45(65-5)39(29-37)47(60)55-40(42(57)30-36-22-24-44(64-4)38(28-36)46(52)59)20-12-14-26-53-48(61)66-32-34-16-8-6-9-17-34/h6-11,16-19,22-25,28-29,40-41H,12-15,20-21,26-27,30-33H2,1-5H3,(H2,52,59)(H,53,61)(H,54,62)(H,55,60)(H,56,63)/t40-,41-/m0/s1. The van der Waals surface area contributed by atoms with Crippen LogP contribution in [0, 0.1) is 0 Å². The summed E-state index contributed by atoms with van der Waals surface area (Å²) in [5, 5.41) is 10.9. The van der Waals surface area contributed by atoms with Crippen molar-refractivity contribution in [3.63, 3.8) is 0 Å². The Balaban J connectivity index is 1.44. The van der Waals surface area contributed by atoms with Gasteiger partial charge in [0.2, 0.25) is 0 Å². The van der Waals surface area contributed by atoms with Gasteiger partial charge in [-0.3, -0.25) is 19.2 Å². The number of nitrogens with one attached hydrogen (secondary N) is 4. The molecule has 0 aliphatic heterocycles. The molecule has 2 atom stereocenters. The molecule has 0 saturated carbocycles. The monoisotopic (exact) mass is 937 g/mol. The van der Waals surface area contributed by atoms with Gasteiger partial charge in [-0.05, 0) is 106 Å². The number of nitrogens with two attached hydrogens (primary N) is 1. The largest absolute Gasteiger partial charge is 0.496 e. The predicted molar refractivity (Wildman–Crippen MR) is 253 cm³/mol. The summed E-state index contributed by atoms with van der Waals surface area (Å²) in [4.78, 5) is 91.6. The van der Waals surface area contributed by atoms with Crippen LogP contribution in [0.4, 0.5) is 14.4 Å². The zero-order chi connectivity index (χ0) is 49.5. The number of primary amides is 1. The van der Waals surface area contributed by atoms with Crippen molar-refractivity contribution in [3.8, 4) is 11.5 Å². The molecule has 0 spiro atoms. The van der Waals surface area contributed by atoms with E-state index in [1.54, 1.807) is 39.0 Å². The average molecular weight is 938 g/mol. The first kappa shape index (κ1) is 53.2. The van der Waals surface area contributed by atoms with Crippen LogP contribution in [-0.4, -0.2) is 86.7 Å². The number of rotatable bonds is 26. The van der Waals surface area contributed by atoms with E-state index in [4.69, 9.17) is 29.4 Å². The van der Waals surface area contributed by atoms with Gasteiger partial charge in [0.05, 0.1) is 37.4 Å². The molecule has 0 heterocycles. The minimum absolute atomic E-state index is 0.0563. The van der Waals surface area contributed by atoms with E-state index in [0.717, 1.165) is 11.1 Å². The maximum absolute atomic E-state index is 14.1. The summed E-state index contributed by atoms with van der Waals surface area (Å²) < 4.78 is 26.8. The van der Waals surface area contributed by atoms with E-state index >= 15 is 0 Å². The van der Waals surface area contributed by atoms with Crippen molar-refractivity contribution in [1.29, 1.82) is 0 Å². The number of alkyl carbamates (subject to hydrolysis) is 3. The lowest BCUT2D eigenvalue weighted by atomic mass is 9.96. The molecule has 0 saturated heterocycles. The van der Waals surface area contributed by atoms with Crippen molar-refractivity contribution in [3.05, 3.63) is 130 Å². The molecule has 0 fully saturated rings. The third kappa shape index (κ3) is 18.8. The van der Waals surface area contributed by atoms with E-state index in [2.05, 4.69) is 21.3 Å². The second-order valence-corrected chi connectivity index (χ2v) is 16.9. The number of carbonyl (C=O) groups excluding carboxylic acids is 7. The molecule has 0 radical (unpaired) electrons. The van der Waals surface area contributed by atoms with Crippen molar-refractivity contribution < 1.29 is 57.2 Å². The lowest BCUT2D eigenvalue weighted by Crippen LogP contribution is -2.44. The van der Waals surface area contributed by atoms with Crippen LogP contribution >= 0.6 is 0 Å². The van der Waals surface area contributed by atoms with E-state index in [1.807, 2.05) is 60.7 Å². The Hall–Kier alpha value is -7.43. The molecule has 0 bridgehead atoms. The van der Waals surface area contributed by atoms with Gasteiger partial charge in [0.25, 0.3) is 11.8 Å². The SMILES string of the molecule is COc1ccc(CC(=O)[C@H](CCCCNC(=O)OCc2ccccc2)NC(=O)c2cc(CC(=O)[C@H](CCCCNC(=O)OCc3ccccc3)NC(=O)OC(C)(C)C)ccc2OC)cc1C(N)=O. The second-order valence-electron chi connectivity index (χ2n) is 16.9. The molecule has 4 rings (SSSR count). The summed E-state index contributed by atoms with van der Waals surface area (Å²) in [5.41, 5.74) is 7.48. The van der Waals surface area contributed by atoms with Gasteiger partial charge < -0.3 is 50.7 Å². The van der Waals surface area contributed by atoms with Gasteiger partial charge in [0, 0.05) is 25.9 Å². The van der Waals surface area contributed by atoms with Crippen LogP contribution in [-0.2, 0) is 49.9 Å². The molecule has 364 valence electrons. The highest BCUT2D eigenvalue weighted by atomic mass is 16.6. The normalized spacial score (nSPS) is 11.8. The van der Waals surface area contributed by atoms with Gasteiger partial charge in [-0.25, -0.2) is 14.4 Å². The third-order valence-electron chi connectivity index (χ3n) is 10.4. The van der Waals surface area contributed by atoms with Crippen LogP contribution in [0.2, 0.25) is 0 Å². The molecule has 17 heteroatoms. The molecule has 17 nitrogen and oxygen atoms in total. The fourth-order valence-corrected chi connectivity index (χ4v) is 6.94. The highest BCUT2D eigenvalue weighted by Crippen LogP contribution is 2.23. The fourth-order valence-electron chi connectivity index (χ4n) is 6.94. The van der Waals surface area contributed by atoms with Gasteiger partial charge in [0.15, 0.2) is 11.6 Å². The number of ether oxygens (including phenoxy) is 5. The Morgan fingerprint density at radius 1 is 0.544 bits per heavy atom. The Labute approximate surface area is 397 Å². The lowest BCUT2D eigenvalue weighted by molar-refractivity contribution is -0.121. The van der Waals surface area contributed by atoms with Gasteiger partial charge >= 0.3 is 18.3 Å². The molecule has 4 aromatic rings. The van der Waals surface area contributed by atoms with Crippen molar-refractivity contribution in [1.82, 2.24) is 21.3 Å². The molecule has 0 aliphatic rings. The Morgan fingerprint density at radius 3 is 1.43 bits per heavy atom. The van der Waals surface area contributed by atoms with Gasteiger partial charge in [-0.15, -0.1) is 0 Å². The van der Waals surface area contributed by atoms with Crippen LogP contribution < -0.4 is 36.5 Å². The Kier molecular flexibility index (Phi) is 21.3. The summed E-state index contributed by atoms with van der Waals surface area (Å²) in [6.45, 7) is 5.87. The van der Waals surface area contributed by atoms with Crippen LogP contribution in [0.1, 0.15) is 102 Å². The number of carbonyl (C=O) groups is 7. The molecule has 0 unspecified atom stereocenters. The minimum atomic E-state index is -1.02. The first-order chi connectivity index (χ1) is 32.5. The highest BCUT2D eigenvalue weighted by Gasteiger charge is 2.27. The van der Waals surface area contributed by atoms with E-state index in [1.165, 1.54) is 32.4 Å². The average Bonchev–Trinajstić information content (AvgIpc) is 3.31. The number of benzene rings is 4. The van der Waals surface area contributed by atoms with E-state index in [9.17, 15) is 33.6 Å². The van der Waals surface area contributed by atoms with Crippen LogP contribution in [0.15, 0.2) is 97.1 Å². The first-order valence-corrected chi connectivity index (χ1v) is 22.4. The summed E-state index contributed by atoms with van der Waals surface area (Å²) in [7, 11) is 2.78. The molecule has 0 aliphatic carbocycles. The highest BCUT2D eigenvalue weighted by molar-refractivity contribution is 6.01. The zero-order valence-corrected chi connectivity index (χ0v) is 39.4. The number of methoxy groups -OCH3 is 2. The number of unbranched alkanes of at least 4 members (excludes halogenated alkanes) is 2. The molecule has 4 aromatic carbocycles. The fraction of sp³-hybridized carbons (Fsp3) is 0.392. The van der Waals surface area contributed by atoms with E-state index in [0.29, 0.717) is 36.8 Å². The van der Waals surface area contributed by atoms with Crippen molar-refractivity contribution in [2.75, 3.05) is 27.3 Å². The number of hydrogen-bond acceptors (Lipinski definition) is 12. The van der Waals surface area contributed by atoms with E-state index < -0.39 is 47.8 Å². The van der Waals surface area contributed by atoms with Gasteiger partial charge in [-0.1, -0.05) is 72.8 Å². The van der Waals surface area contributed by atoms with Crippen molar-refractivity contribution >= 4 is 41.7 Å². The maximum atomic E-state index is 14.1. The molecular formula is C51H63N5O12. The summed E-state index contributed by atoms with van der Waals surface area (Å²) >= 11 is 0. The minimum Gasteiger partial charge on any atom is -0.496 e. The summed E-state index contributed by atoms with van der Waals surface area (Å²) in [6, 6.07) is 25.8. The molecule has 0 aromatic heterocycles. The molecular weight excluding hydrogens is 875 g/mol. The summed E-state index contributed by atoms with van der Waals surface area (Å²) in [6.07, 6.45) is -0.0806. The quantitative estimate of drug-likeness (QED) is 0.0319. The number of ketones is 2. The number of amides is 5. The molecule has 6 N–H and O–H groups in total. The Bertz CT molecular complexity index is 2320. The summed E-state index contributed by atoms with van der Waals surface area (Å²) in [5.74, 6) is -1.68.